The molecule has 0 aromatic rings. The molecule has 1 saturated heterocycles. The van der Waals surface area contributed by atoms with Crippen molar-refractivity contribution in [1.82, 2.24) is 0 Å². The van der Waals surface area contributed by atoms with E-state index in [4.69, 9.17) is 4.74 Å². The maximum Gasteiger partial charge on any atom is 0.126 e. The highest BCUT2D eigenvalue weighted by Crippen LogP contribution is 2.29. The highest BCUT2D eigenvalue weighted by Gasteiger charge is 2.35. The van der Waals surface area contributed by atoms with Crippen molar-refractivity contribution >= 4 is 6.29 Å². The predicted octanol–water partition coefficient (Wildman–Crippen LogP) is 1.00. The van der Waals surface area contributed by atoms with E-state index in [-0.39, 0.29) is 11.5 Å². The van der Waals surface area contributed by atoms with Crippen molar-refractivity contribution < 1.29 is 9.53 Å². The zero-order chi connectivity index (χ0) is 6.91. The SMILES string of the molecule is CC1(C)OCC[C@@H]1C=O. The maximum atomic E-state index is 10.3. The topological polar surface area (TPSA) is 26.3 Å². The summed E-state index contributed by atoms with van der Waals surface area (Å²) >= 11 is 0. The molecular formula is C7H12O2. The standard InChI is InChI=1S/C7H12O2/c1-7(2)6(5-8)3-4-9-7/h5-6H,3-4H2,1-2H3/t6-/m1/s1. The van der Waals surface area contributed by atoms with Gasteiger partial charge in [-0.3, -0.25) is 0 Å². The number of aldehydes is 1. The first-order chi connectivity index (χ1) is 4.17. The van der Waals surface area contributed by atoms with Crippen LogP contribution in [0.2, 0.25) is 0 Å². The molecule has 52 valence electrons. The van der Waals surface area contributed by atoms with Crippen LogP contribution >= 0.6 is 0 Å². The molecule has 0 spiro atoms. The van der Waals surface area contributed by atoms with Crippen LogP contribution in [-0.2, 0) is 9.53 Å². The summed E-state index contributed by atoms with van der Waals surface area (Å²) in [5, 5.41) is 0. The second-order valence-corrected chi connectivity index (χ2v) is 2.98. The van der Waals surface area contributed by atoms with Gasteiger partial charge in [0.1, 0.15) is 6.29 Å². The number of ether oxygens (including phenoxy) is 1. The Labute approximate surface area is 55.2 Å². The van der Waals surface area contributed by atoms with E-state index in [1.54, 1.807) is 0 Å². The minimum absolute atomic E-state index is 0.109. The lowest BCUT2D eigenvalue weighted by Gasteiger charge is -2.20. The Balaban J connectivity index is 2.62. The maximum absolute atomic E-state index is 10.3. The first-order valence-electron chi connectivity index (χ1n) is 3.26. The number of hydrogen-bond acceptors (Lipinski definition) is 2. The van der Waals surface area contributed by atoms with E-state index in [9.17, 15) is 4.79 Å². The van der Waals surface area contributed by atoms with Crippen LogP contribution in [0.4, 0.5) is 0 Å². The third-order valence-electron chi connectivity index (χ3n) is 1.96. The van der Waals surface area contributed by atoms with Crippen LogP contribution < -0.4 is 0 Å². The van der Waals surface area contributed by atoms with Crippen molar-refractivity contribution in [3.63, 3.8) is 0 Å². The Morgan fingerprint density at radius 3 is 2.56 bits per heavy atom. The average Bonchev–Trinajstić information content (AvgIpc) is 2.08. The minimum Gasteiger partial charge on any atom is -0.375 e. The van der Waals surface area contributed by atoms with Crippen LogP contribution in [0.3, 0.4) is 0 Å². The molecule has 0 unspecified atom stereocenters. The van der Waals surface area contributed by atoms with Gasteiger partial charge in [0, 0.05) is 12.5 Å². The molecule has 0 N–H and O–H groups in total. The monoisotopic (exact) mass is 128 g/mol. The number of carbonyl (C=O) groups excluding carboxylic acids is 1. The molecule has 1 rings (SSSR count). The molecule has 0 amide bonds. The zero-order valence-corrected chi connectivity index (χ0v) is 5.89. The van der Waals surface area contributed by atoms with Crippen molar-refractivity contribution in [2.75, 3.05) is 6.61 Å². The van der Waals surface area contributed by atoms with Crippen LogP contribution in [0.15, 0.2) is 0 Å². The summed E-state index contributed by atoms with van der Waals surface area (Å²) in [6, 6.07) is 0. The van der Waals surface area contributed by atoms with E-state index >= 15 is 0 Å². The summed E-state index contributed by atoms with van der Waals surface area (Å²) in [5.41, 5.74) is -0.207. The normalized spacial score (nSPS) is 32.4. The molecule has 0 radical (unpaired) electrons. The summed E-state index contributed by atoms with van der Waals surface area (Å²) in [6.45, 7) is 4.65. The summed E-state index contributed by atoms with van der Waals surface area (Å²) < 4.78 is 5.31. The molecule has 9 heavy (non-hydrogen) atoms. The fourth-order valence-electron chi connectivity index (χ4n) is 1.14. The molecule has 1 fully saturated rings. The molecule has 0 bridgehead atoms. The molecule has 2 nitrogen and oxygen atoms in total. The second-order valence-electron chi connectivity index (χ2n) is 2.98. The van der Waals surface area contributed by atoms with Crippen molar-refractivity contribution in [3.8, 4) is 0 Å². The van der Waals surface area contributed by atoms with Crippen LogP contribution in [0.5, 0.6) is 0 Å². The van der Waals surface area contributed by atoms with E-state index < -0.39 is 0 Å². The van der Waals surface area contributed by atoms with Crippen LogP contribution in [0, 0.1) is 5.92 Å². The molecule has 0 aromatic heterocycles. The quantitative estimate of drug-likeness (QED) is 0.492. The van der Waals surface area contributed by atoms with Gasteiger partial charge in [0.15, 0.2) is 0 Å². The van der Waals surface area contributed by atoms with Gasteiger partial charge in [0.2, 0.25) is 0 Å². The second kappa shape index (κ2) is 2.10. The Hall–Kier alpha value is -0.370. The zero-order valence-electron chi connectivity index (χ0n) is 5.89. The van der Waals surface area contributed by atoms with Crippen molar-refractivity contribution in [2.45, 2.75) is 25.9 Å². The smallest absolute Gasteiger partial charge is 0.126 e. The largest absolute Gasteiger partial charge is 0.375 e. The Bertz CT molecular complexity index is 118. The van der Waals surface area contributed by atoms with Crippen LogP contribution in [0.25, 0.3) is 0 Å². The number of rotatable bonds is 1. The van der Waals surface area contributed by atoms with Gasteiger partial charge in [0.25, 0.3) is 0 Å². The highest BCUT2D eigenvalue weighted by molar-refractivity contribution is 5.56. The molecule has 2 heteroatoms. The predicted molar refractivity (Wildman–Crippen MR) is 34.2 cm³/mol. The van der Waals surface area contributed by atoms with E-state index in [2.05, 4.69) is 0 Å². The molecule has 1 aliphatic rings. The van der Waals surface area contributed by atoms with Crippen molar-refractivity contribution in [2.24, 2.45) is 5.92 Å². The average molecular weight is 128 g/mol. The molecule has 0 aromatic carbocycles. The van der Waals surface area contributed by atoms with Gasteiger partial charge >= 0.3 is 0 Å². The number of carbonyl (C=O) groups is 1. The van der Waals surface area contributed by atoms with Crippen molar-refractivity contribution in [1.29, 1.82) is 0 Å². The minimum atomic E-state index is -0.207. The highest BCUT2D eigenvalue weighted by atomic mass is 16.5. The molecule has 1 heterocycles. The number of hydrogen-bond donors (Lipinski definition) is 0. The van der Waals surface area contributed by atoms with Gasteiger partial charge in [-0.05, 0) is 20.3 Å². The van der Waals surface area contributed by atoms with Gasteiger partial charge in [-0.25, -0.2) is 0 Å². The van der Waals surface area contributed by atoms with E-state index in [0.29, 0.717) is 0 Å². The molecule has 0 saturated carbocycles. The summed E-state index contributed by atoms with van der Waals surface area (Å²) in [4.78, 5) is 10.3. The molecule has 0 aliphatic carbocycles. The molecule has 1 atom stereocenters. The lowest BCUT2D eigenvalue weighted by Crippen LogP contribution is -2.27. The summed E-state index contributed by atoms with van der Waals surface area (Å²) in [6.07, 6.45) is 1.88. The Morgan fingerprint density at radius 1 is 1.67 bits per heavy atom. The van der Waals surface area contributed by atoms with Crippen LogP contribution in [-0.4, -0.2) is 18.5 Å². The molecule has 1 aliphatic heterocycles. The summed E-state index contributed by atoms with van der Waals surface area (Å²) in [7, 11) is 0. The fraction of sp³-hybridized carbons (Fsp3) is 0.857. The molecular weight excluding hydrogens is 116 g/mol. The van der Waals surface area contributed by atoms with Crippen LogP contribution in [0.1, 0.15) is 20.3 Å². The van der Waals surface area contributed by atoms with Gasteiger partial charge in [-0.15, -0.1) is 0 Å². The third-order valence-corrected chi connectivity index (χ3v) is 1.96. The third kappa shape index (κ3) is 1.13. The first-order valence-corrected chi connectivity index (χ1v) is 3.26. The Kier molecular flexibility index (Phi) is 1.58. The first kappa shape index (κ1) is 6.75. The van der Waals surface area contributed by atoms with E-state index in [0.717, 1.165) is 19.3 Å². The lowest BCUT2D eigenvalue weighted by atomic mass is 9.93. The van der Waals surface area contributed by atoms with Crippen molar-refractivity contribution in [3.05, 3.63) is 0 Å². The van der Waals surface area contributed by atoms with E-state index in [1.165, 1.54) is 0 Å². The van der Waals surface area contributed by atoms with Gasteiger partial charge in [-0.1, -0.05) is 0 Å². The lowest BCUT2D eigenvalue weighted by molar-refractivity contribution is -0.115. The fourth-order valence-corrected chi connectivity index (χ4v) is 1.14. The van der Waals surface area contributed by atoms with Gasteiger partial charge in [-0.2, -0.15) is 0 Å². The van der Waals surface area contributed by atoms with Gasteiger partial charge < -0.3 is 9.53 Å². The Morgan fingerprint density at radius 2 is 2.33 bits per heavy atom. The van der Waals surface area contributed by atoms with E-state index in [1.807, 2.05) is 13.8 Å². The van der Waals surface area contributed by atoms with Gasteiger partial charge in [0.05, 0.1) is 5.60 Å². The summed E-state index contributed by atoms with van der Waals surface area (Å²) in [5.74, 6) is 0.109.